The lowest BCUT2D eigenvalue weighted by molar-refractivity contribution is -0.385. The van der Waals surface area contributed by atoms with E-state index < -0.39 is 4.92 Å². The van der Waals surface area contributed by atoms with Crippen molar-refractivity contribution in [2.75, 3.05) is 0 Å². The van der Waals surface area contributed by atoms with E-state index in [1.54, 1.807) is 12.1 Å². The molecule has 5 heteroatoms. The van der Waals surface area contributed by atoms with Crippen LogP contribution in [-0.2, 0) is 0 Å². The number of nitrogens with zero attached hydrogens (tertiary/aromatic N) is 2. The van der Waals surface area contributed by atoms with Crippen molar-refractivity contribution in [3.63, 3.8) is 0 Å². The van der Waals surface area contributed by atoms with Crippen LogP contribution < -0.4 is 4.74 Å². The predicted octanol–water partition coefficient (Wildman–Crippen LogP) is 2.25. The summed E-state index contributed by atoms with van der Waals surface area (Å²) in [4.78, 5) is 10.0. The van der Waals surface area contributed by atoms with E-state index in [0.29, 0.717) is 5.75 Å². The summed E-state index contributed by atoms with van der Waals surface area (Å²) in [5.41, 5.74) is -0.188. The van der Waals surface area contributed by atoms with Gasteiger partial charge in [0.15, 0.2) is 0 Å². The van der Waals surface area contributed by atoms with Gasteiger partial charge in [0.25, 0.3) is 5.69 Å². The zero-order chi connectivity index (χ0) is 11.4. The monoisotopic (exact) mass is 206 g/mol. The third-order valence-corrected chi connectivity index (χ3v) is 1.66. The molecular weight excluding hydrogens is 196 g/mol. The van der Waals surface area contributed by atoms with E-state index in [4.69, 9.17) is 10.00 Å². The first-order valence-corrected chi connectivity index (χ1v) is 4.39. The average Bonchev–Trinajstić information content (AvgIpc) is 2.16. The van der Waals surface area contributed by atoms with E-state index in [1.165, 1.54) is 12.1 Å². The Labute approximate surface area is 87.1 Å². The van der Waals surface area contributed by atoms with E-state index in [9.17, 15) is 10.1 Å². The molecule has 0 radical (unpaired) electrons. The first kappa shape index (κ1) is 11.0. The molecule has 0 aromatic heterocycles. The van der Waals surface area contributed by atoms with Gasteiger partial charge in [0.05, 0.1) is 17.1 Å². The minimum Gasteiger partial charge on any atom is -0.491 e. The summed E-state index contributed by atoms with van der Waals surface area (Å²) in [5.74, 6) is 0.399. The molecule has 0 bridgehead atoms. The summed E-state index contributed by atoms with van der Waals surface area (Å²) in [5, 5.41) is 19.3. The number of nitro benzene ring substituents is 1. The van der Waals surface area contributed by atoms with Gasteiger partial charge < -0.3 is 4.74 Å². The molecule has 0 fully saturated rings. The van der Waals surface area contributed by atoms with Crippen LogP contribution in [0.5, 0.6) is 5.75 Å². The first-order chi connectivity index (χ1) is 7.04. The van der Waals surface area contributed by atoms with Crippen molar-refractivity contribution in [3.8, 4) is 11.8 Å². The highest BCUT2D eigenvalue weighted by atomic mass is 16.6. The zero-order valence-corrected chi connectivity index (χ0v) is 8.43. The van der Waals surface area contributed by atoms with E-state index in [-0.39, 0.29) is 17.4 Å². The van der Waals surface area contributed by atoms with Gasteiger partial charge in [-0.05, 0) is 26.0 Å². The second kappa shape index (κ2) is 4.42. The molecule has 0 aliphatic rings. The van der Waals surface area contributed by atoms with Gasteiger partial charge >= 0.3 is 0 Å². The molecule has 0 amide bonds. The maximum atomic E-state index is 10.6. The number of ether oxygens (including phenoxy) is 1. The lowest BCUT2D eigenvalue weighted by Gasteiger charge is -2.09. The summed E-state index contributed by atoms with van der Waals surface area (Å²) in [6.45, 7) is 3.65. The normalized spacial score (nSPS) is 9.73. The van der Waals surface area contributed by atoms with Crippen LogP contribution in [0, 0.1) is 21.4 Å². The largest absolute Gasteiger partial charge is 0.491 e. The lowest BCUT2D eigenvalue weighted by atomic mass is 10.2. The molecule has 1 aromatic carbocycles. The number of nitriles is 1. The Morgan fingerprint density at radius 1 is 1.53 bits per heavy atom. The van der Waals surface area contributed by atoms with Crippen LogP contribution in [0.15, 0.2) is 18.2 Å². The first-order valence-electron chi connectivity index (χ1n) is 4.39. The summed E-state index contributed by atoms with van der Waals surface area (Å²) in [6, 6.07) is 5.95. The van der Waals surface area contributed by atoms with Crippen LogP contribution in [0.4, 0.5) is 5.69 Å². The summed E-state index contributed by atoms with van der Waals surface area (Å²) >= 11 is 0. The second-order valence-corrected chi connectivity index (χ2v) is 3.21. The number of rotatable bonds is 3. The smallest absolute Gasteiger partial charge is 0.290 e. The van der Waals surface area contributed by atoms with Gasteiger partial charge in [-0.15, -0.1) is 0 Å². The highest BCUT2D eigenvalue weighted by Crippen LogP contribution is 2.24. The van der Waals surface area contributed by atoms with Crippen LogP contribution in [-0.4, -0.2) is 11.0 Å². The molecule has 78 valence electrons. The van der Waals surface area contributed by atoms with E-state index >= 15 is 0 Å². The van der Waals surface area contributed by atoms with Crippen molar-refractivity contribution >= 4 is 5.69 Å². The Balaban J connectivity index is 3.12. The third-order valence-electron chi connectivity index (χ3n) is 1.66. The molecular formula is C10H10N2O3. The summed E-state index contributed by atoms with van der Waals surface area (Å²) < 4.78 is 5.29. The fourth-order valence-corrected chi connectivity index (χ4v) is 1.10. The molecule has 0 spiro atoms. The number of benzene rings is 1. The molecule has 1 aromatic rings. The van der Waals surface area contributed by atoms with Crippen LogP contribution >= 0.6 is 0 Å². The van der Waals surface area contributed by atoms with Crippen LogP contribution in [0.25, 0.3) is 0 Å². The molecule has 0 aliphatic carbocycles. The molecule has 15 heavy (non-hydrogen) atoms. The maximum absolute atomic E-state index is 10.6. The highest BCUT2D eigenvalue weighted by Gasteiger charge is 2.14. The van der Waals surface area contributed by atoms with Gasteiger partial charge in [0.1, 0.15) is 17.4 Å². The Morgan fingerprint density at radius 3 is 2.67 bits per heavy atom. The predicted molar refractivity (Wildman–Crippen MR) is 53.6 cm³/mol. The molecule has 0 aliphatic heterocycles. The third kappa shape index (κ3) is 2.68. The molecule has 5 nitrogen and oxygen atoms in total. The average molecular weight is 206 g/mol. The van der Waals surface area contributed by atoms with E-state index in [2.05, 4.69) is 0 Å². The maximum Gasteiger partial charge on any atom is 0.290 e. The Bertz CT molecular complexity index is 421. The zero-order valence-electron chi connectivity index (χ0n) is 8.43. The van der Waals surface area contributed by atoms with Crippen molar-refractivity contribution < 1.29 is 9.66 Å². The quantitative estimate of drug-likeness (QED) is 0.561. The topological polar surface area (TPSA) is 76.2 Å². The number of hydrogen-bond acceptors (Lipinski definition) is 4. The Kier molecular flexibility index (Phi) is 3.24. The van der Waals surface area contributed by atoms with Crippen LogP contribution in [0.1, 0.15) is 19.4 Å². The van der Waals surface area contributed by atoms with Gasteiger partial charge in [-0.1, -0.05) is 0 Å². The molecule has 0 atom stereocenters. The standard InChI is InChI=1S/C10H10N2O3/c1-7(2)15-9-4-3-8(6-11)10(5-9)12(13)14/h3-5,7H,1-2H3. The van der Waals surface area contributed by atoms with Gasteiger partial charge in [-0.3, -0.25) is 10.1 Å². The molecule has 0 N–H and O–H groups in total. The van der Waals surface area contributed by atoms with Gasteiger partial charge in [0, 0.05) is 0 Å². The lowest BCUT2D eigenvalue weighted by Crippen LogP contribution is -2.06. The van der Waals surface area contributed by atoms with Gasteiger partial charge in [0.2, 0.25) is 0 Å². The van der Waals surface area contributed by atoms with Crippen molar-refractivity contribution in [3.05, 3.63) is 33.9 Å². The Hall–Kier alpha value is -2.09. The van der Waals surface area contributed by atoms with Gasteiger partial charge in [-0.2, -0.15) is 5.26 Å². The second-order valence-electron chi connectivity index (χ2n) is 3.21. The number of hydrogen-bond donors (Lipinski definition) is 0. The van der Waals surface area contributed by atoms with Crippen molar-refractivity contribution in [2.24, 2.45) is 0 Å². The molecule has 0 heterocycles. The Morgan fingerprint density at radius 2 is 2.20 bits per heavy atom. The molecule has 0 saturated heterocycles. The molecule has 0 saturated carbocycles. The van der Waals surface area contributed by atoms with Gasteiger partial charge in [-0.25, -0.2) is 0 Å². The minimum absolute atomic E-state index is 0.0381. The number of nitro groups is 1. The fraction of sp³-hybridized carbons (Fsp3) is 0.300. The highest BCUT2D eigenvalue weighted by molar-refractivity contribution is 5.52. The van der Waals surface area contributed by atoms with Crippen LogP contribution in [0.3, 0.4) is 0 Å². The van der Waals surface area contributed by atoms with E-state index in [1.807, 2.05) is 13.8 Å². The molecule has 1 rings (SSSR count). The summed E-state index contributed by atoms with van der Waals surface area (Å²) in [6.07, 6.45) is -0.0578. The van der Waals surface area contributed by atoms with E-state index in [0.717, 1.165) is 0 Å². The fourth-order valence-electron chi connectivity index (χ4n) is 1.10. The summed E-state index contributed by atoms with van der Waals surface area (Å²) in [7, 11) is 0. The SMILES string of the molecule is CC(C)Oc1ccc(C#N)c([N+](=O)[O-])c1. The van der Waals surface area contributed by atoms with Crippen LogP contribution in [0.2, 0.25) is 0 Å². The molecule has 0 unspecified atom stereocenters. The minimum atomic E-state index is -0.592. The van der Waals surface area contributed by atoms with Crippen molar-refractivity contribution in [1.82, 2.24) is 0 Å². The van der Waals surface area contributed by atoms with Crippen molar-refractivity contribution in [1.29, 1.82) is 5.26 Å². The van der Waals surface area contributed by atoms with Crippen molar-refractivity contribution in [2.45, 2.75) is 20.0 Å².